The molecule has 3 aromatic rings. The molecule has 0 radical (unpaired) electrons. The molecule has 0 aliphatic rings. The summed E-state index contributed by atoms with van der Waals surface area (Å²) in [6.07, 6.45) is 2.58. The molecule has 0 amide bonds. The van der Waals surface area contributed by atoms with Gasteiger partial charge in [-0.1, -0.05) is 30.7 Å². The predicted octanol–water partition coefficient (Wildman–Crippen LogP) is 5.07. The monoisotopic (exact) mass is 307 g/mol. The first-order chi connectivity index (χ1) is 10.7. The van der Waals surface area contributed by atoms with Crippen molar-refractivity contribution in [3.05, 3.63) is 64.8 Å². The molecule has 2 aromatic carbocycles. The van der Waals surface area contributed by atoms with Gasteiger partial charge in [0.2, 0.25) is 0 Å². The molecule has 4 heteroatoms. The third-order valence-corrected chi connectivity index (χ3v) is 3.82. The van der Waals surface area contributed by atoms with Crippen LogP contribution in [0.4, 0.5) is 11.4 Å². The standard InChI is InChI=1S/C18H14ClN3/c1-2-12-3-6-15(7-4-12)22-18-13(10-20)11-21-17-8-5-14(19)9-16(17)18/h3-9,11H,2H2,1H3,(H,21,22). The summed E-state index contributed by atoms with van der Waals surface area (Å²) in [7, 11) is 0. The van der Waals surface area contributed by atoms with Gasteiger partial charge in [0, 0.05) is 22.3 Å². The molecular weight excluding hydrogens is 294 g/mol. The molecule has 1 N–H and O–H groups in total. The third-order valence-electron chi connectivity index (χ3n) is 3.58. The van der Waals surface area contributed by atoms with Gasteiger partial charge >= 0.3 is 0 Å². The quantitative estimate of drug-likeness (QED) is 0.735. The van der Waals surface area contributed by atoms with Gasteiger partial charge in [-0.05, 0) is 42.3 Å². The number of fused-ring (bicyclic) bond motifs is 1. The first-order valence-electron chi connectivity index (χ1n) is 7.05. The smallest absolute Gasteiger partial charge is 0.103 e. The van der Waals surface area contributed by atoms with Crippen molar-refractivity contribution in [3.8, 4) is 6.07 Å². The van der Waals surface area contributed by atoms with Crippen LogP contribution in [0.5, 0.6) is 0 Å². The fourth-order valence-electron chi connectivity index (χ4n) is 2.35. The minimum absolute atomic E-state index is 0.495. The van der Waals surface area contributed by atoms with Crippen LogP contribution in [0.15, 0.2) is 48.7 Å². The van der Waals surface area contributed by atoms with Gasteiger partial charge in [0.15, 0.2) is 0 Å². The summed E-state index contributed by atoms with van der Waals surface area (Å²) in [5.74, 6) is 0. The van der Waals surface area contributed by atoms with Gasteiger partial charge in [-0.3, -0.25) is 4.98 Å². The second-order valence-electron chi connectivity index (χ2n) is 5.00. The van der Waals surface area contributed by atoms with E-state index in [0.29, 0.717) is 10.6 Å². The molecule has 3 nitrogen and oxygen atoms in total. The normalized spacial score (nSPS) is 10.4. The molecule has 0 bridgehead atoms. The van der Waals surface area contributed by atoms with Crippen molar-refractivity contribution >= 4 is 33.9 Å². The molecule has 0 fully saturated rings. The van der Waals surface area contributed by atoms with Crippen molar-refractivity contribution in [1.82, 2.24) is 4.98 Å². The maximum atomic E-state index is 9.34. The van der Waals surface area contributed by atoms with Gasteiger partial charge < -0.3 is 5.32 Å². The Morgan fingerprint density at radius 2 is 1.95 bits per heavy atom. The molecule has 3 rings (SSSR count). The number of nitrogens with one attached hydrogen (secondary N) is 1. The zero-order valence-corrected chi connectivity index (χ0v) is 12.9. The molecule has 0 aliphatic carbocycles. The Morgan fingerprint density at radius 1 is 1.18 bits per heavy atom. The fourth-order valence-corrected chi connectivity index (χ4v) is 2.52. The highest BCUT2D eigenvalue weighted by atomic mass is 35.5. The SMILES string of the molecule is CCc1ccc(Nc2c(C#N)cnc3ccc(Cl)cc23)cc1. The van der Waals surface area contributed by atoms with Gasteiger partial charge in [-0.2, -0.15) is 5.26 Å². The van der Waals surface area contributed by atoms with E-state index in [1.807, 2.05) is 24.3 Å². The number of hydrogen-bond donors (Lipinski definition) is 1. The Labute approximate surface area is 134 Å². The molecule has 0 unspecified atom stereocenters. The second-order valence-corrected chi connectivity index (χ2v) is 5.43. The zero-order chi connectivity index (χ0) is 15.5. The lowest BCUT2D eigenvalue weighted by Crippen LogP contribution is -1.97. The number of benzene rings is 2. The lowest BCUT2D eigenvalue weighted by atomic mass is 10.1. The highest BCUT2D eigenvalue weighted by Gasteiger charge is 2.10. The first kappa shape index (κ1) is 14.4. The van der Waals surface area contributed by atoms with Crippen LogP contribution >= 0.6 is 11.6 Å². The van der Waals surface area contributed by atoms with Gasteiger partial charge in [0.1, 0.15) is 6.07 Å². The molecule has 0 spiro atoms. The van der Waals surface area contributed by atoms with E-state index in [2.05, 4.69) is 35.4 Å². The minimum Gasteiger partial charge on any atom is -0.354 e. The summed E-state index contributed by atoms with van der Waals surface area (Å²) in [5, 5.41) is 14.1. The first-order valence-corrected chi connectivity index (χ1v) is 7.43. The molecular formula is C18H14ClN3. The summed E-state index contributed by atoms with van der Waals surface area (Å²) < 4.78 is 0. The van der Waals surface area contributed by atoms with Gasteiger partial charge in [-0.25, -0.2) is 0 Å². The molecule has 1 heterocycles. The lowest BCUT2D eigenvalue weighted by molar-refractivity contribution is 1.14. The highest BCUT2D eigenvalue weighted by molar-refractivity contribution is 6.31. The molecule has 22 heavy (non-hydrogen) atoms. The lowest BCUT2D eigenvalue weighted by Gasteiger charge is -2.12. The summed E-state index contributed by atoms with van der Waals surface area (Å²) in [6, 6.07) is 15.8. The average molecular weight is 308 g/mol. The van der Waals surface area contributed by atoms with E-state index in [0.717, 1.165) is 28.7 Å². The number of nitriles is 1. The number of pyridine rings is 1. The van der Waals surface area contributed by atoms with E-state index >= 15 is 0 Å². The van der Waals surface area contributed by atoms with Crippen LogP contribution in [0.25, 0.3) is 10.9 Å². The van der Waals surface area contributed by atoms with Crippen molar-refractivity contribution in [2.75, 3.05) is 5.32 Å². The van der Waals surface area contributed by atoms with E-state index < -0.39 is 0 Å². The fraction of sp³-hybridized carbons (Fsp3) is 0.111. The van der Waals surface area contributed by atoms with Gasteiger partial charge in [-0.15, -0.1) is 0 Å². The Hall–Kier alpha value is -2.57. The third kappa shape index (κ3) is 2.74. The minimum atomic E-state index is 0.495. The summed E-state index contributed by atoms with van der Waals surface area (Å²) >= 11 is 6.09. The Balaban J connectivity index is 2.11. The molecule has 0 saturated carbocycles. The topological polar surface area (TPSA) is 48.7 Å². The van der Waals surface area contributed by atoms with E-state index in [1.165, 1.54) is 5.56 Å². The van der Waals surface area contributed by atoms with Crippen molar-refractivity contribution in [2.45, 2.75) is 13.3 Å². The van der Waals surface area contributed by atoms with Gasteiger partial charge in [0.25, 0.3) is 0 Å². The zero-order valence-electron chi connectivity index (χ0n) is 12.1. The largest absolute Gasteiger partial charge is 0.354 e. The Morgan fingerprint density at radius 3 is 2.64 bits per heavy atom. The number of halogens is 1. The van der Waals surface area contributed by atoms with E-state index in [1.54, 1.807) is 12.3 Å². The highest BCUT2D eigenvalue weighted by Crippen LogP contribution is 2.30. The van der Waals surface area contributed by atoms with Crippen LogP contribution in [0.1, 0.15) is 18.1 Å². The van der Waals surface area contributed by atoms with Crippen molar-refractivity contribution in [1.29, 1.82) is 5.26 Å². The van der Waals surface area contributed by atoms with Crippen molar-refractivity contribution in [2.24, 2.45) is 0 Å². The van der Waals surface area contributed by atoms with Crippen LogP contribution in [0.2, 0.25) is 5.02 Å². The molecule has 0 aliphatic heterocycles. The van der Waals surface area contributed by atoms with Gasteiger partial charge in [0.05, 0.1) is 16.8 Å². The maximum absolute atomic E-state index is 9.34. The van der Waals surface area contributed by atoms with E-state index in [9.17, 15) is 5.26 Å². The van der Waals surface area contributed by atoms with Crippen LogP contribution in [0, 0.1) is 11.3 Å². The maximum Gasteiger partial charge on any atom is 0.103 e. The average Bonchev–Trinajstić information content (AvgIpc) is 2.56. The molecule has 108 valence electrons. The second kappa shape index (κ2) is 6.05. The summed E-state index contributed by atoms with van der Waals surface area (Å²) in [4.78, 5) is 4.30. The van der Waals surface area contributed by atoms with Crippen LogP contribution in [-0.2, 0) is 6.42 Å². The number of rotatable bonds is 3. The number of aryl methyl sites for hydroxylation is 1. The Bertz CT molecular complexity index is 864. The summed E-state index contributed by atoms with van der Waals surface area (Å²) in [5.41, 5.74) is 4.24. The number of hydrogen-bond acceptors (Lipinski definition) is 3. The molecule has 1 aromatic heterocycles. The number of anilines is 2. The Kier molecular flexibility index (Phi) is 3.95. The number of aromatic nitrogens is 1. The van der Waals surface area contributed by atoms with Crippen molar-refractivity contribution < 1.29 is 0 Å². The molecule has 0 saturated heterocycles. The predicted molar refractivity (Wildman–Crippen MR) is 90.6 cm³/mol. The van der Waals surface area contributed by atoms with Crippen molar-refractivity contribution in [3.63, 3.8) is 0 Å². The van der Waals surface area contributed by atoms with Crippen LogP contribution in [0.3, 0.4) is 0 Å². The number of nitrogens with zero attached hydrogens (tertiary/aromatic N) is 2. The summed E-state index contributed by atoms with van der Waals surface area (Å²) in [6.45, 7) is 2.12. The van der Waals surface area contributed by atoms with Crippen LogP contribution < -0.4 is 5.32 Å². The molecule has 0 atom stereocenters. The van der Waals surface area contributed by atoms with E-state index in [-0.39, 0.29) is 0 Å². The van der Waals surface area contributed by atoms with E-state index in [4.69, 9.17) is 11.6 Å². The van der Waals surface area contributed by atoms with Crippen LogP contribution in [-0.4, -0.2) is 4.98 Å².